The predicted molar refractivity (Wildman–Crippen MR) is 62.3 cm³/mol. The van der Waals surface area contributed by atoms with Crippen molar-refractivity contribution < 1.29 is 13.9 Å². The number of halogens is 2. The number of aliphatic hydroxyl groups excluding tert-OH is 1. The van der Waals surface area contributed by atoms with Crippen LogP contribution >= 0.6 is 0 Å². The highest BCUT2D eigenvalue weighted by Gasteiger charge is 2.33. The van der Waals surface area contributed by atoms with E-state index in [0.29, 0.717) is 0 Å². The van der Waals surface area contributed by atoms with Crippen molar-refractivity contribution in [3.8, 4) is 0 Å². The molecule has 0 unspecified atom stereocenters. The minimum absolute atomic E-state index is 0.0378. The fourth-order valence-electron chi connectivity index (χ4n) is 2.43. The zero-order valence-electron chi connectivity index (χ0n) is 9.63. The van der Waals surface area contributed by atoms with Gasteiger partial charge in [-0.3, -0.25) is 0 Å². The number of alkyl halides is 2. The summed E-state index contributed by atoms with van der Waals surface area (Å²) in [6.45, 7) is 1.79. The van der Waals surface area contributed by atoms with Gasteiger partial charge in [0.05, 0.1) is 6.61 Å². The number of nitrogens with one attached hydrogen (secondary N) is 1. The zero-order chi connectivity index (χ0) is 12.3. The summed E-state index contributed by atoms with van der Waals surface area (Å²) >= 11 is 0. The van der Waals surface area contributed by atoms with Crippen LogP contribution in [0, 0.1) is 0 Å². The second kappa shape index (κ2) is 5.10. The molecule has 0 amide bonds. The normalized spacial score (nSPS) is 19.5. The molecule has 4 heteroatoms. The molecule has 0 radical (unpaired) electrons. The second-order valence-corrected chi connectivity index (χ2v) is 4.61. The molecule has 2 N–H and O–H groups in total. The highest BCUT2D eigenvalue weighted by Crippen LogP contribution is 2.33. The molecule has 0 bridgehead atoms. The number of piperidine rings is 1. The van der Waals surface area contributed by atoms with Crippen LogP contribution in [0.4, 0.5) is 8.78 Å². The van der Waals surface area contributed by atoms with E-state index in [1.807, 2.05) is 0 Å². The molecule has 1 saturated heterocycles. The van der Waals surface area contributed by atoms with Gasteiger partial charge in [0.2, 0.25) is 0 Å². The second-order valence-electron chi connectivity index (χ2n) is 4.61. The SMILES string of the molecule is OCC1(c2ccc(C(F)F)cc2)CCNCC1. The van der Waals surface area contributed by atoms with Crippen LogP contribution < -0.4 is 5.32 Å². The standard InChI is InChI=1S/C13H17F2NO/c14-12(15)10-1-3-11(4-2-10)13(9-17)5-7-16-8-6-13/h1-4,12,16-17H,5-9H2. The Morgan fingerprint density at radius 1 is 1.18 bits per heavy atom. The highest BCUT2D eigenvalue weighted by atomic mass is 19.3. The van der Waals surface area contributed by atoms with Gasteiger partial charge < -0.3 is 10.4 Å². The van der Waals surface area contributed by atoms with Gasteiger partial charge in [0.1, 0.15) is 0 Å². The summed E-state index contributed by atoms with van der Waals surface area (Å²) in [4.78, 5) is 0. The molecule has 1 heterocycles. The molecule has 0 saturated carbocycles. The maximum absolute atomic E-state index is 12.5. The maximum Gasteiger partial charge on any atom is 0.263 e. The smallest absolute Gasteiger partial charge is 0.263 e. The lowest BCUT2D eigenvalue weighted by Crippen LogP contribution is -2.42. The van der Waals surface area contributed by atoms with Crippen molar-refractivity contribution in [2.75, 3.05) is 19.7 Å². The number of benzene rings is 1. The Labute approximate surface area is 99.7 Å². The number of hydrogen-bond acceptors (Lipinski definition) is 2. The van der Waals surface area contributed by atoms with E-state index in [0.717, 1.165) is 31.5 Å². The lowest BCUT2D eigenvalue weighted by molar-refractivity contribution is 0.150. The largest absolute Gasteiger partial charge is 0.395 e. The van der Waals surface area contributed by atoms with E-state index in [1.54, 1.807) is 12.1 Å². The van der Waals surface area contributed by atoms with Gasteiger partial charge in [-0.15, -0.1) is 0 Å². The van der Waals surface area contributed by atoms with Crippen LogP contribution in [-0.4, -0.2) is 24.8 Å². The summed E-state index contributed by atoms with van der Waals surface area (Å²) in [6.07, 6.45) is -0.739. The van der Waals surface area contributed by atoms with E-state index in [2.05, 4.69) is 5.32 Å². The topological polar surface area (TPSA) is 32.3 Å². The zero-order valence-corrected chi connectivity index (χ0v) is 9.63. The Morgan fingerprint density at radius 2 is 1.76 bits per heavy atom. The highest BCUT2D eigenvalue weighted by molar-refractivity contribution is 5.30. The molecule has 0 aromatic heterocycles. The molecule has 2 rings (SSSR count). The molecule has 2 nitrogen and oxygen atoms in total. The number of hydrogen-bond donors (Lipinski definition) is 2. The van der Waals surface area contributed by atoms with E-state index in [1.165, 1.54) is 12.1 Å². The molecule has 0 aliphatic carbocycles. The van der Waals surface area contributed by atoms with Crippen LogP contribution in [0.5, 0.6) is 0 Å². The third-order valence-electron chi connectivity index (χ3n) is 3.64. The fourth-order valence-corrected chi connectivity index (χ4v) is 2.43. The molecular formula is C13H17F2NO. The molecule has 1 aliphatic rings. The Hall–Kier alpha value is -1.00. The number of rotatable bonds is 3. The van der Waals surface area contributed by atoms with E-state index in [9.17, 15) is 13.9 Å². The molecular weight excluding hydrogens is 224 g/mol. The van der Waals surface area contributed by atoms with Gasteiger partial charge in [-0.1, -0.05) is 24.3 Å². The van der Waals surface area contributed by atoms with E-state index in [4.69, 9.17) is 0 Å². The first-order chi connectivity index (χ1) is 8.18. The first kappa shape index (κ1) is 12.5. The third kappa shape index (κ3) is 2.48. The summed E-state index contributed by atoms with van der Waals surface area (Å²) < 4.78 is 24.9. The summed E-state index contributed by atoms with van der Waals surface area (Å²) in [5, 5.41) is 12.8. The van der Waals surface area contributed by atoms with Crippen LogP contribution in [0.25, 0.3) is 0 Å². The Morgan fingerprint density at radius 3 is 2.24 bits per heavy atom. The molecule has 1 fully saturated rings. The van der Waals surface area contributed by atoms with Gasteiger partial charge in [0, 0.05) is 11.0 Å². The van der Waals surface area contributed by atoms with Crippen molar-refractivity contribution in [2.45, 2.75) is 24.7 Å². The quantitative estimate of drug-likeness (QED) is 0.850. The summed E-state index contributed by atoms with van der Waals surface area (Å²) in [7, 11) is 0. The van der Waals surface area contributed by atoms with Gasteiger partial charge in [0.25, 0.3) is 6.43 Å². The van der Waals surface area contributed by atoms with Crippen LogP contribution in [0.2, 0.25) is 0 Å². The predicted octanol–water partition coefficient (Wildman–Crippen LogP) is 2.24. The van der Waals surface area contributed by atoms with Crippen LogP contribution in [0.1, 0.15) is 30.4 Å². The minimum atomic E-state index is -2.43. The van der Waals surface area contributed by atoms with Crippen LogP contribution in [0.3, 0.4) is 0 Å². The Bertz CT molecular complexity index is 358. The molecule has 17 heavy (non-hydrogen) atoms. The van der Waals surface area contributed by atoms with Crippen molar-refractivity contribution in [1.82, 2.24) is 5.32 Å². The lowest BCUT2D eigenvalue weighted by atomic mass is 9.74. The van der Waals surface area contributed by atoms with Crippen molar-refractivity contribution >= 4 is 0 Å². The van der Waals surface area contributed by atoms with Crippen molar-refractivity contribution in [1.29, 1.82) is 0 Å². The third-order valence-corrected chi connectivity index (χ3v) is 3.64. The average Bonchev–Trinajstić information content (AvgIpc) is 2.39. The van der Waals surface area contributed by atoms with E-state index in [-0.39, 0.29) is 17.6 Å². The minimum Gasteiger partial charge on any atom is -0.395 e. The molecule has 1 aliphatic heterocycles. The van der Waals surface area contributed by atoms with Gasteiger partial charge in [0.15, 0.2) is 0 Å². The average molecular weight is 241 g/mol. The van der Waals surface area contributed by atoms with Crippen molar-refractivity contribution in [2.24, 2.45) is 0 Å². The van der Waals surface area contributed by atoms with Gasteiger partial charge >= 0.3 is 0 Å². The molecule has 1 aromatic rings. The molecule has 0 atom stereocenters. The molecule has 94 valence electrons. The van der Waals surface area contributed by atoms with Crippen molar-refractivity contribution in [3.05, 3.63) is 35.4 Å². The number of aliphatic hydroxyl groups is 1. The van der Waals surface area contributed by atoms with E-state index >= 15 is 0 Å². The monoisotopic (exact) mass is 241 g/mol. The summed E-state index contributed by atoms with van der Waals surface area (Å²) in [5.41, 5.74) is 0.744. The van der Waals surface area contributed by atoms with Crippen molar-refractivity contribution in [3.63, 3.8) is 0 Å². The summed E-state index contributed by atoms with van der Waals surface area (Å²) in [6, 6.07) is 6.37. The Balaban J connectivity index is 2.24. The fraction of sp³-hybridized carbons (Fsp3) is 0.538. The van der Waals surface area contributed by atoms with Gasteiger partial charge in [-0.25, -0.2) is 8.78 Å². The molecule has 1 aromatic carbocycles. The first-order valence-electron chi connectivity index (χ1n) is 5.88. The first-order valence-corrected chi connectivity index (χ1v) is 5.88. The van der Waals surface area contributed by atoms with Gasteiger partial charge in [-0.05, 0) is 31.5 Å². The maximum atomic E-state index is 12.5. The van der Waals surface area contributed by atoms with Crippen LogP contribution in [0.15, 0.2) is 24.3 Å². The van der Waals surface area contributed by atoms with Crippen LogP contribution in [-0.2, 0) is 5.41 Å². The summed E-state index contributed by atoms with van der Waals surface area (Å²) in [5.74, 6) is 0. The lowest BCUT2D eigenvalue weighted by Gasteiger charge is -2.36. The van der Waals surface area contributed by atoms with E-state index < -0.39 is 6.43 Å². The van der Waals surface area contributed by atoms with Gasteiger partial charge in [-0.2, -0.15) is 0 Å². The Kier molecular flexibility index (Phi) is 3.74. The molecule has 0 spiro atoms.